The largest absolute Gasteiger partial charge is 0.355 e. The van der Waals surface area contributed by atoms with Crippen molar-refractivity contribution in [3.05, 3.63) is 47.3 Å². The van der Waals surface area contributed by atoms with Gasteiger partial charge in [-0.25, -0.2) is 13.1 Å². The minimum atomic E-state index is -3.36. The molecule has 130 valence electrons. The maximum absolute atomic E-state index is 11.8. The van der Waals surface area contributed by atoms with Crippen molar-refractivity contribution in [3.63, 3.8) is 0 Å². The molecule has 1 aromatic carbocycles. The summed E-state index contributed by atoms with van der Waals surface area (Å²) in [7, 11) is -3.36. The van der Waals surface area contributed by atoms with Crippen LogP contribution in [-0.4, -0.2) is 42.2 Å². The third kappa shape index (κ3) is 4.44. The van der Waals surface area contributed by atoms with Crippen molar-refractivity contribution in [1.29, 1.82) is 0 Å². The van der Waals surface area contributed by atoms with E-state index in [1.807, 2.05) is 48.9 Å². The zero-order valence-corrected chi connectivity index (χ0v) is 15.2. The molecular formula is C17H23N3O3S. The Labute approximate surface area is 142 Å². The van der Waals surface area contributed by atoms with Gasteiger partial charge in [0, 0.05) is 18.5 Å². The molecule has 1 heterocycles. The summed E-state index contributed by atoms with van der Waals surface area (Å²) >= 11 is 0. The van der Waals surface area contributed by atoms with E-state index >= 15 is 0 Å². The molecule has 0 fully saturated rings. The van der Waals surface area contributed by atoms with Crippen LogP contribution in [0.1, 0.15) is 23.9 Å². The predicted octanol–water partition coefficient (Wildman–Crippen LogP) is 1.58. The Kier molecular flexibility index (Phi) is 5.43. The van der Waals surface area contributed by atoms with E-state index in [-0.39, 0.29) is 0 Å². The van der Waals surface area contributed by atoms with Crippen LogP contribution in [0.5, 0.6) is 0 Å². The first kappa shape index (κ1) is 18.2. The zero-order valence-electron chi connectivity index (χ0n) is 14.4. The van der Waals surface area contributed by atoms with Crippen LogP contribution in [0.3, 0.4) is 0 Å². The molecule has 1 unspecified atom stereocenters. The van der Waals surface area contributed by atoms with Crippen LogP contribution in [0.25, 0.3) is 5.69 Å². The average Bonchev–Trinajstić information content (AvgIpc) is 2.84. The molecule has 2 aromatic rings. The fourth-order valence-corrected chi connectivity index (χ4v) is 2.83. The van der Waals surface area contributed by atoms with E-state index in [0.29, 0.717) is 13.0 Å². The lowest BCUT2D eigenvalue weighted by Gasteiger charge is -2.11. The van der Waals surface area contributed by atoms with Crippen LogP contribution >= 0.6 is 0 Å². The number of aryl methyl sites for hydroxylation is 2. The first-order valence-corrected chi connectivity index (χ1v) is 9.73. The highest BCUT2D eigenvalue weighted by Gasteiger charge is 2.22. The van der Waals surface area contributed by atoms with Crippen molar-refractivity contribution in [2.45, 2.75) is 32.4 Å². The van der Waals surface area contributed by atoms with Crippen LogP contribution in [0.4, 0.5) is 0 Å². The molecular weight excluding hydrogens is 326 g/mol. The fraction of sp³-hybridized carbons (Fsp3) is 0.412. The van der Waals surface area contributed by atoms with Gasteiger partial charge in [-0.3, -0.25) is 4.79 Å². The number of nitrogens with one attached hydrogen (secondary N) is 1. The smallest absolute Gasteiger partial charge is 0.238 e. The molecule has 1 amide bonds. The third-order valence-electron chi connectivity index (χ3n) is 3.91. The summed E-state index contributed by atoms with van der Waals surface area (Å²) in [5, 5.41) is 6.08. The molecule has 1 atom stereocenters. The van der Waals surface area contributed by atoms with Crippen LogP contribution in [-0.2, 0) is 21.1 Å². The van der Waals surface area contributed by atoms with Gasteiger partial charge >= 0.3 is 0 Å². The molecule has 0 bridgehead atoms. The first-order valence-electron chi connectivity index (χ1n) is 7.77. The summed E-state index contributed by atoms with van der Waals surface area (Å²) in [6.45, 7) is 5.76. The number of aromatic nitrogens is 2. The SMILES string of the molecule is Cc1cc(C)n(-c2ccc(CCNC(=O)C(C)S(C)(=O)=O)cc2)n1. The van der Waals surface area contributed by atoms with Crippen molar-refractivity contribution >= 4 is 15.7 Å². The van der Waals surface area contributed by atoms with Crippen LogP contribution in [0.15, 0.2) is 30.3 Å². The average molecular weight is 349 g/mol. The highest BCUT2D eigenvalue weighted by atomic mass is 32.2. The molecule has 0 radical (unpaired) electrons. The molecule has 0 aliphatic heterocycles. The Bertz CT molecular complexity index is 823. The van der Waals surface area contributed by atoms with Crippen molar-refractivity contribution in [2.24, 2.45) is 0 Å². The second-order valence-corrected chi connectivity index (χ2v) is 8.38. The summed E-state index contributed by atoms with van der Waals surface area (Å²) in [6.07, 6.45) is 1.70. The number of hydrogen-bond acceptors (Lipinski definition) is 4. The van der Waals surface area contributed by atoms with E-state index in [0.717, 1.165) is 28.9 Å². The summed E-state index contributed by atoms with van der Waals surface area (Å²) in [5.41, 5.74) is 4.09. The van der Waals surface area contributed by atoms with E-state index in [4.69, 9.17) is 0 Å². The molecule has 6 nitrogen and oxygen atoms in total. The Morgan fingerprint density at radius 1 is 1.25 bits per heavy atom. The number of hydrogen-bond donors (Lipinski definition) is 1. The van der Waals surface area contributed by atoms with E-state index in [1.54, 1.807) is 0 Å². The van der Waals surface area contributed by atoms with Gasteiger partial charge in [0.05, 0.1) is 11.4 Å². The van der Waals surface area contributed by atoms with Gasteiger partial charge in [-0.15, -0.1) is 0 Å². The quantitative estimate of drug-likeness (QED) is 0.858. The molecule has 0 saturated heterocycles. The minimum absolute atomic E-state index is 0.401. The van der Waals surface area contributed by atoms with E-state index in [1.165, 1.54) is 6.92 Å². The van der Waals surface area contributed by atoms with Gasteiger partial charge in [0.25, 0.3) is 0 Å². The number of carbonyl (C=O) groups excluding carboxylic acids is 1. The van der Waals surface area contributed by atoms with Crippen LogP contribution in [0, 0.1) is 13.8 Å². The molecule has 0 aliphatic carbocycles. The van der Waals surface area contributed by atoms with Gasteiger partial charge < -0.3 is 5.32 Å². The Balaban J connectivity index is 1.93. The maximum Gasteiger partial charge on any atom is 0.238 e. The molecule has 1 N–H and O–H groups in total. The normalized spacial score (nSPS) is 12.8. The molecule has 0 saturated carbocycles. The van der Waals surface area contributed by atoms with Gasteiger partial charge in [0.15, 0.2) is 9.84 Å². The number of amides is 1. The fourth-order valence-electron chi connectivity index (χ4n) is 2.36. The maximum atomic E-state index is 11.8. The number of rotatable bonds is 6. The third-order valence-corrected chi connectivity index (χ3v) is 5.41. The highest BCUT2D eigenvalue weighted by molar-refractivity contribution is 7.92. The predicted molar refractivity (Wildman–Crippen MR) is 94.1 cm³/mol. The molecule has 0 spiro atoms. The van der Waals surface area contributed by atoms with Crippen molar-refractivity contribution in [2.75, 3.05) is 12.8 Å². The van der Waals surface area contributed by atoms with Crippen molar-refractivity contribution < 1.29 is 13.2 Å². The second kappa shape index (κ2) is 7.17. The summed E-state index contributed by atoms with van der Waals surface area (Å²) in [5.74, 6) is -0.461. The first-order chi connectivity index (χ1) is 11.2. The molecule has 1 aromatic heterocycles. The van der Waals surface area contributed by atoms with Gasteiger partial charge in [0.1, 0.15) is 5.25 Å². The lowest BCUT2D eigenvalue weighted by Crippen LogP contribution is -2.38. The Morgan fingerprint density at radius 3 is 2.38 bits per heavy atom. The van der Waals surface area contributed by atoms with Crippen LogP contribution < -0.4 is 5.32 Å². The van der Waals surface area contributed by atoms with Crippen molar-refractivity contribution in [1.82, 2.24) is 15.1 Å². The monoisotopic (exact) mass is 349 g/mol. The van der Waals surface area contributed by atoms with Gasteiger partial charge in [-0.1, -0.05) is 12.1 Å². The lowest BCUT2D eigenvalue weighted by atomic mass is 10.1. The van der Waals surface area contributed by atoms with E-state index in [2.05, 4.69) is 10.4 Å². The zero-order chi connectivity index (χ0) is 17.9. The Hall–Kier alpha value is -2.15. The number of sulfone groups is 1. The van der Waals surface area contributed by atoms with Gasteiger partial charge in [-0.2, -0.15) is 5.10 Å². The standard InChI is InChI=1S/C17H23N3O3S/c1-12-11-13(2)20(19-12)16-7-5-15(6-8-16)9-10-18-17(21)14(3)24(4,22)23/h5-8,11,14H,9-10H2,1-4H3,(H,18,21). The van der Waals surface area contributed by atoms with Gasteiger partial charge in [0.2, 0.25) is 5.91 Å². The molecule has 0 aliphatic rings. The highest BCUT2D eigenvalue weighted by Crippen LogP contribution is 2.13. The summed E-state index contributed by atoms with van der Waals surface area (Å²) < 4.78 is 24.6. The van der Waals surface area contributed by atoms with Gasteiger partial charge in [-0.05, 0) is 51.0 Å². The number of carbonyl (C=O) groups is 1. The molecule has 24 heavy (non-hydrogen) atoms. The summed E-state index contributed by atoms with van der Waals surface area (Å²) in [6, 6.07) is 9.95. The Morgan fingerprint density at radius 2 is 1.88 bits per heavy atom. The van der Waals surface area contributed by atoms with E-state index < -0.39 is 21.0 Å². The molecule has 7 heteroatoms. The van der Waals surface area contributed by atoms with Crippen LogP contribution in [0.2, 0.25) is 0 Å². The summed E-state index contributed by atoms with van der Waals surface area (Å²) in [4.78, 5) is 11.8. The topological polar surface area (TPSA) is 81.1 Å². The van der Waals surface area contributed by atoms with E-state index in [9.17, 15) is 13.2 Å². The lowest BCUT2D eigenvalue weighted by molar-refractivity contribution is -0.120. The second-order valence-electron chi connectivity index (χ2n) is 6.02. The minimum Gasteiger partial charge on any atom is -0.355 e. The number of nitrogens with zero attached hydrogens (tertiary/aromatic N) is 2. The van der Waals surface area contributed by atoms with Crippen molar-refractivity contribution in [3.8, 4) is 5.69 Å². The molecule has 2 rings (SSSR count). The number of benzene rings is 1.